The highest BCUT2D eigenvalue weighted by Crippen LogP contribution is 1.93. The van der Waals surface area contributed by atoms with Crippen molar-refractivity contribution in [2.45, 2.75) is 13.0 Å². The molecule has 0 radical (unpaired) electrons. The van der Waals surface area contributed by atoms with E-state index in [1.54, 1.807) is 0 Å². The Kier molecular flexibility index (Phi) is 6.98. The lowest BCUT2D eigenvalue weighted by Gasteiger charge is -2.11. The van der Waals surface area contributed by atoms with Crippen molar-refractivity contribution in [3.05, 3.63) is 11.6 Å². The van der Waals surface area contributed by atoms with Crippen LogP contribution in [0.4, 0.5) is 0 Å². The van der Waals surface area contributed by atoms with Crippen molar-refractivity contribution in [3.8, 4) is 0 Å². The first-order valence-corrected chi connectivity index (χ1v) is 6.00. The monoisotopic (exact) mass is 253 g/mol. The molecule has 15 heavy (non-hydrogen) atoms. The molecule has 0 aromatic heterocycles. The van der Waals surface area contributed by atoms with Gasteiger partial charge in [0.1, 0.15) is 6.04 Å². The molecule has 1 amide bonds. The van der Waals surface area contributed by atoms with Crippen LogP contribution in [0.15, 0.2) is 11.6 Å². The highest BCUT2D eigenvalue weighted by molar-refractivity contribution is 7.85. The van der Waals surface area contributed by atoms with Gasteiger partial charge in [-0.2, -0.15) is 0 Å². The number of amides is 1. The van der Waals surface area contributed by atoms with Gasteiger partial charge in [0.25, 0.3) is 0 Å². The Balaban J connectivity index is 4.22. The normalized spacial score (nSPS) is 14.8. The highest BCUT2D eigenvalue weighted by Gasteiger charge is 2.20. The topological polar surface area (TPSA) is 83.5 Å². The van der Waals surface area contributed by atoms with Crippen LogP contribution in [0.5, 0.6) is 0 Å². The van der Waals surface area contributed by atoms with Gasteiger partial charge in [0.2, 0.25) is 5.91 Å². The molecule has 0 saturated heterocycles. The summed E-state index contributed by atoms with van der Waals surface area (Å²) in [5, 5.41) is 10.9. The second kappa shape index (κ2) is 7.42. The fourth-order valence-electron chi connectivity index (χ4n) is 0.818. The molecule has 0 aromatic rings. The van der Waals surface area contributed by atoms with Gasteiger partial charge < -0.3 is 10.4 Å². The predicted molar refractivity (Wildman–Crippen MR) is 58.1 cm³/mol. The Morgan fingerprint density at radius 1 is 1.60 bits per heavy atom. The van der Waals surface area contributed by atoms with Gasteiger partial charge in [-0.3, -0.25) is 9.00 Å². The first-order chi connectivity index (χ1) is 6.97. The molecule has 7 heteroatoms. The lowest BCUT2D eigenvalue weighted by Crippen LogP contribution is -2.43. The highest BCUT2D eigenvalue weighted by atomic mass is 35.5. The minimum absolute atomic E-state index is 0.129. The van der Waals surface area contributed by atoms with Crippen LogP contribution < -0.4 is 5.32 Å². The molecule has 0 saturated carbocycles. The smallest absolute Gasteiger partial charge is 0.327 e. The Bertz CT molecular complexity index is 292. The quantitative estimate of drug-likeness (QED) is 0.702. The Labute approximate surface area is 94.9 Å². The minimum atomic E-state index is -1.35. The van der Waals surface area contributed by atoms with E-state index in [2.05, 4.69) is 5.32 Å². The number of carbonyl (C=O) groups excluding carboxylic acids is 1. The van der Waals surface area contributed by atoms with Gasteiger partial charge in [0.05, 0.1) is 5.75 Å². The van der Waals surface area contributed by atoms with Crippen molar-refractivity contribution >= 4 is 34.3 Å². The largest absolute Gasteiger partial charge is 0.480 e. The van der Waals surface area contributed by atoms with Crippen LogP contribution in [-0.2, 0) is 20.4 Å². The average Bonchev–Trinajstić information content (AvgIpc) is 2.12. The van der Waals surface area contributed by atoms with E-state index < -0.39 is 28.7 Å². The molecule has 0 aliphatic rings. The van der Waals surface area contributed by atoms with E-state index in [-0.39, 0.29) is 11.5 Å². The van der Waals surface area contributed by atoms with Gasteiger partial charge in [0.15, 0.2) is 0 Å². The summed E-state index contributed by atoms with van der Waals surface area (Å²) >= 11 is 5.23. The Hall–Kier alpha value is -0.880. The molecule has 0 aliphatic heterocycles. The lowest BCUT2D eigenvalue weighted by atomic mass is 10.3. The summed E-state index contributed by atoms with van der Waals surface area (Å²) in [5.41, 5.74) is 1.21. The maximum atomic E-state index is 11.3. The van der Waals surface area contributed by atoms with Gasteiger partial charge >= 0.3 is 5.97 Å². The summed E-state index contributed by atoms with van der Waals surface area (Å²) in [6.07, 6.45) is 1.46. The molecule has 0 fully saturated rings. The van der Waals surface area contributed by atoms with Crippen LogP contribution in [0.3, 0.4) is 0 Å². The predicted octanol–water partition coefficient (Wildman–Crippen LogP) is 0.0769. The first-order valence-electron chi connectivity index (χ1n) is 4.07. The van der Waals surface area contributed by atoms with Crippen molar-refractivity contribution in [1.29, 1.82) is 0 Å². The molecule has 2 atom stereocenters. The van der Waals surface area contributed by atoms with Gasteiger partial charge in [-0.1, -0.05) is 17.7 Å². The number of carbonyl (C=O) groups is 2. The van der Waals surface area contributed by atoms with Crippen LogP contribution in [0.2, 0.25) is 0 Å². The second-order valence-corrected chi connectivity index (χ2v) is 4.52. The molecule has 0 spiro atoms. The van der Waals surface area contributed by atoms with Gasteiger partial charge in [-0.05, 0) is 0 Å². The van der Waals surface area contributed by atoms with Gasteiger partial charge in [-0.25, -0.2) is 4.79 Å². The number of carboxylic acids is 1. The lowest BCUT2D eigenvalue weighted by molar-refractivity contribution is -0.140. The maximum Gasteiger partial charge on any atom is 0.327 e. The van der Waals surface area contributed by atoms with E-state index in [4.69, 9.17) is 16.7 Å². The molecule has 0 heterocycles. The summed E-state index contributed by atoms with van der Waals surface area (Å²) in [7, 11) is -1.35. The number of carboxylic acid groups (broad SMARTS) is 1. The summed E-state index contributed by atoms with van der Waals surface area (Å²) in [6.45, 7) is 1.21. The van der Waals surface area contributed by atoms with Gasteiger partial charge in [-0.15, -0.1) is 0 Å². The van der Waals surface area contributed by atoms with Crippen molar-refractivity contribution in [3.63, 3.8) is 0 Å². The Morgan fingerprint density at radius 3 is 2.60 bits per heavy atom. The summed E-state index contributed by atoms with van der Waals surface area (Å²) < 4.78 is 11.3. The van der Waals surface area contributed by atoms with Crippen LogP contribution >= 0.6 is 11.6 Å². The van der Waals surface area contributed by atoms with Crippen molar-refractivity contribution < 1.29 is 18.9 Å². The molecule has 5 nitrogen and oxygen atoms in total. The standard InChI is InChI=1S/C8H12ClNO4S/c1-6(11)10-7(8(12)13)5-15(14)4-2-3-9/h2-3,7H,4-5H2,1H3,(H,10,11)(H,12,13)/b3-2-/t7-,15?/m1/s1. The van der Waals surface area contributed by atoms with E-state index in [1.165, 1.54) is 18.5 Å². The van der Waals surface area contributed by atoms with E-state index in [9.17, 15) is 13.8 Å². The molecule has 0 rings (SSSR count). The number of hydrogen-bond acceptors (Lipinski definition) is 3. The first kappa shape index (κ1) is 14.1. The van der Waals surface area contributed by atoms with Gasteiger partial charge in [0, 0.05) is 29.0 Å². The number of aliphatic carboxylic acids is 1. The zero-order valence-corrected chi connectivity index (χ0v) is 9.68. The number of nitrogens with one attached hydrogen (secondary N) is 1. The SMILES string of the molecule is CC(=O)N[C@H](CS(=O)C/C=C\Cl)C(=O)O. The van der Waals surface area contributed by atoms with Crippen molar-refractivity contribution in [2.24, 2.45) is 0 Å². The minimum Gasteiger partial charge on any atom is -0.480 e. The molecule has 0 aromatic carbocycles. The van der Waals surface area contributed by atoms with Crippen molar-refractivity contribution in [2.75, 3.05) is 11.5 Å². The zero-order chi connectivity index (χ0) is 11.8. The third-order valence-electron chi connectivity index (χ3n) is 1.40. The third kappa shape index (κ3) is 7.10. The fraction of sp³-hybridized carbons (Fsp3) is 0.500. The van der Waals surface area contributed by atoms with Crippen LogP contribution in [0.25, 0.3) is 0 Å². The number of halogens is 1. The molecule has 0 bridgehead atoms. The van der Waals surface area contributed by atoms with E-state index in [0.717, 1.165) is 0 Å². The second-order valence-electron chi connectivity index (χ2n) is 2.73. The average molecular weight is 254 g/mol. The van der Waals surface area contributed by atoms with Crippen molar-refractivity contribution in [1.82, 2.24) is 5.32 Å². The summed E-state index contributed by atoms with van der Waals surface area (Å²) in [4.78, 5) is 21.3. The van der Waals surface area contributed by atoms with E-state index >= 15 is 0 Å². The fourth-order valence-corrected chi connectivity index (χ4v) is 2.06. The molecule has 0 aliphatic carbocycles. The van der Waals surface area contributed by atoms with Crippen LogP contribution in [0.1, 0.15) is 6.92 Å². The van der Waals surface area contributed by atoms with E-state index in [0.29, 0.717) is 0 Å². The van der Waals surface area contributed by atoms with Crippen LogP contribution in [0, 0.1) is 0 Å². The Morgan fingerprint density at radius 2 is 2.20 bits per heavy atom. The maximum absolute atomic E-state index is 11.3. The molecular formula is C8H12ClNO4S. The number of rotatable bonds is 6. The molecule has 2 N–H and O–H groups in total. The van der Waals surface area contributed by atoms with Crippen LogP contribution in [-0.4, -0.2) is 38.7 Å². The number of hydrogen-bond donors (Lipinski definition) is 2. The summed E-state index contributed by atoms with van der Waals surface area (Å²) in [6, 6.07) is -1.12. The molecule has 86 valence electrons. The molecular weight excluding hydrogens is 242 g/mol. The molecule has 1 unspecified atom stereocenters. The summed E-state index contributed by atoms with van der Waals surface area (Å²) in [5.74, 6) is -1.62. The zero-order valence-electron chi connectivity index (χ0n) is 8.10. The van der Waals surface area contributed by atoms with E-state index in [1.807, 2.05) is 0 Å². The third-order valence-corrected chi connectivity index (χ3v) is 2.85.